The van der Waals surface area contributed by atoms with Gasteiger partial charge in [-0.2, -0.15) is 18.4 Å². The summed E-state index contributed by atoms with van der Waals surface area (Å²) in [5, 5.41) is 8.87. The van der Waals surface area contributed by atoms with Gasteiger partial charge < -0.3 is 9.64 Å². The molecule has 6 nitrogen and oxygen atoms in total. The molecule has 0 spiro atoms. The third-order valence-corrected chi connectivity index (χ3v) is 6.90. The van der Waals surface area contributed by atoms with Crippen LogP contribution in [0.5, 0.6) is 0 Å². The number of esters is 1. The van der Waals surface area contributed by atoms with E-state index in [1.807, 2.05) is 0 Å². The lowest BCUT2D eigenvalue weighted by atomic mass is 9.82. The molecule has 1 aliphatic carbocycles. The van der Waals surface area contributed by atoms with Gasteiger partial charge in [0.1, 0.15) is 17.0 Å². The van der Waals surface area contributed by atoms with Crippen LogP contribution in [0.15, 0.2) is 36.4 Å². The van der Waals surface area contributed by atoms with Gasteiger partial charge in [0.15, 0.2) is 5.11 Å². The molecule has 2 fully saturated rings. The van der Waals surface area contributed by atoms with Crippen LogP contribution in [0.2, 0.25) is 0 Å². The highest BCUT2D eigenvalue weighted by molar-refractivity contribution is 7.81. The first kappa shape index (κ1) is 25.6. The molecule has 0 N–H and O–H groups in total. The van der Waals surface area contributed by atoms with Gasteiger partial charge in [-0.05, 0) is 88.6 Å². The number of carbonyl (C=O) groups is 2. The smallest absolute Gasteiger partial charge is 0.417 e. The number of thiocarbonyl (C=S) groups is 1. The van der Waals surface area contributed by atoms with Crippen LogP contribution in [0.1, 0.15) is 61.5 Å². The zero-order chi connectivity index (χ0) is 26.6. The van der Waals surface area contributed by atoms with E-state index in [-0.39, 0.29) is 22.1 Å². The molecular weight excluding hydrogens is 498 g/mol. The van der Waals surface area contributed by atoms with Crippen LogP contribution in [0, 0.1) is 17.1 Å². The van der Waals surface area contributed by atoms with E-state index in [4.69, 9.17) is 22.2 Å². The van der Waals surface area contributed by atoms with Crippen molar-refractivity contribution in [1.29, 1.82) is 5.26 Å². The van der Waals surface area contributed by atoms with E-state index in [0.717, 1.165) is 23.5 Å². The van der Waals surface area contributed by atoms with E-state index in [2.05, 4.69) is 0 Å². The van der Waals surface area contributed by atoms with Gasteiger partial charge >= 0.3 is 12.1 Å². The molecule has 1 aliphatic heterocycles. The Morgan fingerprint density at radius 3 is 2.28 bits per heavy atom. The molecule has 1 amide bonds. The van der Waals surface area contributed by atoms with Crippen molar-refractivity contribution >= 4 is 40.6 Å². The number of nitriles is 1. The summed E-state index contributed by atoms with van der Waals surface area (Å²) < 4.78 is 60.9. The van der Waals surface area contributed by atoms with Crippen LogP contribution in [-0.2, 0) is 15.7 Å². The minimum atomic E-state index is -4.83. The van der Waals surface area contributed by atoms with Crippen molar-refractivity contribution in [3.63, 3.8) is 0 Å². The van der Waals surface area contributed by atoms with Gasteiger partial charge in [-0.1, -0.05) is 0 Å². The zero-order valence-electron chi connectivity index (χ0n) is 19.6. The van der Waals surface area contributed by atoms with Crippen molar-refractivity contribution in [2.75, 3.05) is 9.80 Å². The van der Waals surface area contributed by atoms with Crippen molar-refractivity contribution in [2.45, 2.75) is 57.3 Å². The normalized spacial score (nSPS) is 18.6. The molecule has 1 saturated carbocycles. The number of ether oxygens (including phenoxy) is 1. The van der Waals surface area contributed by atoms with E-state index in [9.17, 15) is 27.2 Å². The van der Waals surface area contributed by atoms with Crippen LogP contribution >= 0.6 is 12.2 Å². The highest BCUT2D eigenvalue weighted by Gasteiger charge is 2.51. The van der Waals surface area contributed by atoms with Crippen LogP contribution in [0.4, 0.5) is 28.9 Å². The predicted molar refractivity (Wildman–Crippen MR) is 127 cm³/mol. The number of amides is 1. The quantitative estimate of drug-likeness (QED) is 0.292. The van der Waals surface area contributed by atoms with Gasteiger partial charge in [0.05, 0.1) is 28.4 Å². The van der Waals surface area contributed by atoms with Crippen molar-refractivity contribution in [2.24, 2.45) is 0 Å². The second kappa shape index (κ2) is 8.55. The number of benzene rings is 2. The summed E-state index contributed by atoms with van der Waals surface area (Å²) in [7, 11) is 0. The average Bonchev–Trinajstić information content (AvgIpc) is 2.95. The maximum Gasteiger partial charge on any atom is 0.417 e. The fraction of sp³-hybridized carbons (Fsp3) is 0.360. The maximum atomic E-state index is 15.0. The third kappa shape index (κ3) is 4.19. The standard InChI is InChI=1S/C25H21F4N3O3S/c1-23(2)21(34)31(15-6-5-14(13-30)18(11-15)25(27,28)29)22(36)32(23)16-7-8-17(19(26)12-16)20(33)35-24(3)9-4-10-24/h5-8,11-12H,4,9-10H2,1-3H3. The molecule has 2 aromatic rings. The fourth-order valence-corrected chi connectivity index (χ4v) is 4.85. The number of hydrogen-bond acceptors (Lipinski definition) is 5. The molecule has 1 heterocycles. The van der Waals surface area contributed by atoms with E-state index in [1.54, 1.807) is 6.92 Å². The van der Waals surface area contributed by atoms with Gasteiger partial charge in [0, 0.05) is 5.69 Å². The molecule has 1 saturated heterocycles. The largest absolute Gasteiger partial charge is 0.456 e. The van der Waals surface area contributed by atoms with Gasteiger partial charge in [0.2, 0.25) is 0 Å². The lowest BCUT2D eigenvalue weighted by molar-refractivity contribution is -0.137. The van der Waals surface area contributed by atoms with Gasteiger partial charge in [-0.15, -0.1) is 0 Å². The highest BCUT2D eigenvalue weighted by atomic mass is 32.1. The first-order chi connectivity index (χ1) is 16.7. The zero-order valence-corrected chi connectivity index (χ0v) is 20.4. The van der Waals surface area contributed by atoms with E-state index in [1.165, 1.54) is 43.0 Å². The first-order valence-electron chi connectivity index (χ1n) is 11.0. The summed E-state index contributed by atoms with van der Waals surface area (Å²) in [5.74, 6) is -2.34. The molecule has 0 unspecified atom stereocenters. The van der Waals surface area contributed by atoms with E-state index >= 15 is 0 Å². The van der Waals surface area contributed by atoms with E-state index in [0.29, 0.717) is 18.9 Å². The average molecular weight is 520 g/mol. The summed E-state index contributed by atoms with van der Waals surface area (Å²) in [6.07, 6.45) is -2.53. The lowest BCUT2D eigenvalue weighted by Gasteiger charge is -2.37. The SMILES string of the molecule is CC1(OC(=O)c2ccc(N3C(=S)N(c4ccc(C#N)c(C(F)(F)F)c4)C(=O)C3(C)C)cc2F)CCC1. The van der Waals surface area contributed by atoms with Crippen molar-refractivity contribution in [3.8, 4) is 6.07 Å². The van der Waals surface area contributed by atoms with Gasteiger partial charge in [-0.25, -0.2) is 9.18 Å². The molecule has 188 valence electrons. The lowest BCUT2D eigenvalue weighted by Crippen LogP contribution is -2.44. The fourth-order valence-electron chi connectivity index (χ4n) is 4.32. The minimum Gasteiger partial charge on any atom is -0.456 e. The summed E-state index contributed by atoms with van der Waals surface area (Å²) >= 11 is 5.44. The Morgan fingerprint density at radius 2 is 1.75 bits per heavy atom. The Hall–Kier alpha value is -3.52. The number of nitrogens with zero attached hydrogens (tertiary/aromatic N) is 3. The molecule has 11 heteroatoms. The summed E-state index contributed by atoms with van der Waals surface area (Å²) in [5.41, 5.74) is -4.14. The van der Waals surface area contributed by atoms with Crippen LogP contribution in [0.3, 0.4) is 0 Å². The Balaban J connectivity index is 1.69. The number of alkyl halides is 3. The number of hydrogen-bond donors (Lipinski definition) is 0. The molecule has 0 aromatic heterocycles. The minimum absolute atomic E-state index is 0.134. The topological polar surface area (TPSA) is 73.6 Å². The van der Waals surface area contributed by atoms with Crippen molar-refractivity contribution in [1.82, 2.24) is 0 Å². The van der Waals surface area contributed by atoms with Crippen LogP contribution < -0.4 is 9.80 Å². The highest BCUT2D eigenvalue weighted by Crippen LogP contribution is 2.40. The Morgan fingerprint density at radius 1 is 1.11 bits per heavy atom. The van der Waals surface area contributed by atoms with Crippen LogP contribution in [-0.4, -0.2) is 28.1 Å². The van der Waals surface area contributed by atoms with Crippen molar-refractivity contribution in [3.05, 3.63) is 58.9 Å². The third-order valence-electron chi connectivity index (χ3n) is 6.54. The summed E-state index contributed by atoms with van der Waals surface area (Å²) in [6, 6.07) is 7.99. The predicted octanol–water partition coefficient (Wildman–Crippen LogP) is 5.73. The Kier molecular flexibility index (Phi) is 6.07. The Labute approximate surface area is 210 Å². The van der Waals surface area contributed by atoms with Gasteiger partial charge in [0.25, 0.3) is 5.91 Å². The molecule has 2 aromatic carbocycles. The monoisotopic (exact) mass is 519 g/mol. The number of halogens is 4. The second-order valence-electron chi connectivity index (χ2n) is 9.51. The molecule has 0 atom stereocenters. The molecule has 2 aliphatic rings. The summed E-state index contributed by atoms with van der Waals surface area (Å²) in [6.45, 7) is 4.76. The number of carbonyl (C=O) groups excluding carboxylic acids is 2. The Bertz CT molecular complexity index is 1330. The first-order valence-corrected chi connectivity index (χ1v) is 11.4. The number of rotatable bonds is 4. The van der Waals surface area contributed by atoms with E-state index < -0.39 is 46.1 Å². The molecular formula is C25H21F4N3O3S. The molecule has 0 bridgehead atoms. The molecule has 36 heavy (non-hydrogen) atoms. The number of anilines is 2. The molecule has 4 rings (SSSR count). The maximum absolute atomic E-state index is 15.0. The summed E-state index contributed by atoms with van der Waals surface area (Å²) in [4.78, 5) is 28.0. The molecule has 0 radical (unpaired) electrons. The van der Waals surface area contributed by atoms with Crippen LogP contribution in [0.25, 0.3) is 0 Å². The second-order valence-corrected chi connectivity index (χ2v) is 9.88. The van der Waals surface area contributed by atoms with Crippen molar-refractivity contribution < 1.29 is 31.9 Å². The van der Waals surface area contributed by atoms with Gasteiger partial charge in [-0.3, -0.25) is 9.69 Å².